The van der Waals surface area contributed by atoms with Crippen LogP contribution in [-0.2, 0) is 9.53 Å². The molecule has 0 spiro atoms. The van der Waals surface area contributed by atoms with Crippen molar-refractivity contribution in [3.05, 3.63) is 53.2 Å². The normalized spacial score (nSPS) is 23.5. The van der Waals surface area contributed by atoms with E-state index < -0.39 is 6.10 Å². The lowest BCUT2D eigenvalue weighted by Crippen LogP contribution is -2.41. The number of nitrogens with zero attached hydrogens (tertiary/aromatic N) is 3. The molecule has 26 heavy (non-hydrogen) atoms. The van der Waals surface area contributed by atoms with Crippen LogP contribution in [0.4, 0.5) is 11.5 Å². The summed E-state index contributed by atoms with van der Waals surface area (Å²) in [6, 6.07) is 11.7. The van der Waals surface area contributed by atoms with Gasteiger partial charge in [0.05, 0.1) is 23.8 Å². The number of rotatable bonds is 3. The van der Waals surface area contributed by atoms with Crippen LogP contribution in [0.1, 0.15) is 18.0 Å². The molecule has 7 heteroatoms. The van der Waals surface area contributed by atoms with Gasteiger partial charge in [0.25, 0.3) is 5.91 Å². The number of amides is 1. The molecule has 1 aromatic carbocycles. The molecule has 2 atom stereocenters. The molecule has 2 saturated heterocycles. The minimum absolute atomic E-state index is 0.0210. The maximum atomic E-state index is 12.0. The molecule has 2 fully saturated rings. The Morgan fingerprint density at radius 1 is 1.19 bits per heavy atom. The van der Waals surface area contributed by atoms with Crippen molar-refractivity contribution in [2.45, 2.75) is 18.6 Å². The van der Waals surface area contributed by atoms with Crippen LogP contribution in [0.5, 0.6) is 0 Å². The number of benzene rings is 1. The first-order chi connectivity index (χ1) is 12.6. The smallest absolute Gasteiger partial charge is 0.253 e. The number of aliphatic hydroxyl groups excluding tert-OH is 1. The summed E-state index contributed by atoms with van der Waals surface area (Å²) in [6.07, 6.45) is 1.85. The minimum Gasteiger partial charge on any atom is -0.391 e. The van der Waals surface area contributed by atoms with Crippen LogP contribution in [0.25, 0.3) is 0 Å². The lowest BCUT2D eigenvalue weighted by atomic mass is 10.0. The monoisotopic (exact) mass is 373 g/mol. The predicted molar refractivity (Wildman–Crippen MR) is 99.6 cm³/mol. The molecule has 2 aliphatic heterocycles. The quantitative estimate of drug-likeness (QED) is 0.895. The molecule has 1 aromatic heterocycles. The van der Waals surface area contributed by atoms with Crippen LogP contribution in [0.15, 0.2) is 42.6 Å². The van der Waals surface area contributed by atoms with Gasteiger partial charge < -0.3 is 19.6 Å². The number of anilines is 2. The number of ether oxygens (including phenoxy) is 1. The molecule has 2 aliphatic rings. The van der Waals surface area contributed by atoms with Crippen molar-refractivity contribution in [2.75, 3.05) is 36.1 Å². The van der Waals surface area contributed by atoms with Crippen molar-refractivity contribution in [1.82, 2.24) is 4.98 Å². The van der Waals surface area contributed by atoms with Gasteiger partial charge in [-0.15, -0.1) is 0 Å². The average Bonchev–Trinajstić information content (AvgIpc) is 3.05. The van der Waals surface area contributed by atoms with Gasteiger partial charge in [0, 0.05) is 25.0 Å². The maximum absolute atomic E-state index is 12.0. The van der Waals surface area contributed by atoms with Gasteiger partial charge in [0.1, 0.15) is 12.4 Å². The first kappa shape index (κ1) is 17.3. The van der Waals surface area contributed by atoms with E-state index in [2.05, 4.69) is 9.88 Å². The molecule has 0 unspecified atom stereocenters. The predicted octanol–water partition coefficient (Wildman–Crippen LogP) is 2.41. The number of hydrogen-bond donors (Lipinski definition) is 1. The van der Waals surface area contributed by atoms with Gasteiger partial charge in [-0.2, -0.15) is 0 Å². The molecule has 6 nitrogen and oxygen atoms in total. The van der Waals surface area contributed by atoms with E-state index in [1.54, 1.807) is 17.2 Å². The molecule has 136 valence electrons. The molecule has 4 rings (SSSR count). The molecule has 1 amide bonds. The number of hydrogen-bond acceptors (Lipinski definition) is 5. The Balaban J connectivity index is 1.57. The summed E-state index contributed by atoms with van der Waals surface area (Å²) in [5.41, 5.74) is 1.96. The average molecular weight is 374 g/mol. The lowest BCUT2D eigenvalue weighted by Gasteiger charge is -2.28. The third-order valence-corrected chi connectivity index (χ3v) is 5.08. The largest absolute Gasteiger partial charge is 0.391 e. The Bertz CT molecular complexity index is 782. The van der Waals surface area contributed by atoms with Gasteiger partial charge >= 0.3 is 0 Å². The fraction of sp³-hybridized carbons (Fsp3) is 0.368. The molecule has 0 saturated carbocycles. The highest BCUT2D eigenvalue weighted by Crippen LogP contribution is 2.36. The molecule has 0 aliphatic carbocycles. The molecular formula is C19H20ClN3O3. The zero-order chi connectivity index (χ0) is 18.1. The third-order valence-electron chi connectivity index (χ3n) is 4.86. The molecule has 0 radical (unpaired) electrons. The maximum Gasteiger partial charge on any atom is 0.253 e. The zero-order valence-electron chi connectivity index (χ0n) is 14.2. The Kier molecular flexibility index (Phi) is 4.80. The Hall–Kier alpha value is -2.15. The number of aromatic nitrogens is 1. The van der Waals surface area contributed by atoms with Crippen LogP contribution >= 0.6 is 11.6 Å². The first-order valence-corrected chi connectivity index (χ1v) is 9.04. The lowest BCUT2D eigenvalue weighted by molar-refractivity contribution is -0.125. The van der Waals surface area contributed by atoms with Crippen molar-refractivity contribution in [3.8, 4) is 0 Å². The zero-order valence-corrected chi connectivity index (χ0v) is 15.0. The second kappa shape index (κ2) is 7.23. The van der Waals surface area contributed by atoms with Crippen molar-refractivity contribution in [2.24, 2.45) is 0 Å². The Labute approximate surface area is 157 Å². The highest BCUT2D eigenvalue weighted by molar-refractivity contribution is 6.30. The highest BCUT2D eigenvalue weighted by atomic mass is 35.5. The van der Waals surface area contributed by atoms with E-state index in [0.29, 0.717) is 31.1 Å². The Morgan fingerprint density at radius 2 is 2.00 bits per heavy atom. The number of aliphatic hydroxyl groups is 1. The summed E-state index contributed by atoms with van der Waals surface area (Å²) < 4.78 is 5.18. The second-order valence-electron chi connectivity index (χ2n) is 6.58. The number of halogens is 1. The molecule has 1 N–H and O–H groups in total. The van der Waals surface area contributed by atoms with E-state index in [0.717, 1.165) is 17.1 Å². The second-order valence-corrected chi connectivity index (χ2v) is 7.02. The van der Waals surface area contributed by atoms with Crippen LogP contribution in [0.2, 0.25) is 5.02 Å². The van der Waals surface area contributed by atoms with E-state index in [-0.39, 0.29) is 18.6 Å². The van der Waals surface area contributed by atoms with Crippen molar-refractivity contribution in [1.29, 1.82) is 0 Å². The standard InChI is InChI=1S/C19H20ClN3O3/c20-14-3-6-18(21-10-14)23-11-16(24)9-17(23)13-1-4-15(5-2-13)22-7-8-26-12-19(22)25/h1-6,10,16-17,24H,7-9,11-12H2/t16-,17-/m1/s1. The van der Waals surface area contributed by atoms with E-state index in [9.17, 15) is 9.90 Å². The summed E-state index contributed by atoms with van der Waals surface area (Å²) in [7, 11) is 0. The summed E-state index contributed by atoms with van der Waals surface area (Å²) in [6.45, 7) is 1.79. The van der Waals surface area contributed by atoms with Crippen LogP contribution in [-0.4, -0.2) is 48.4 Å². The topological polar surface area (TPSA) is 65.9 Å². The molecular weight excluding hydrogens is 354 g/mol. The van der Waals surface area contributed by atoms with Crippen LogP contribution in [0.3, 0.4) is 0 Å². The van der Waals surface area contributed by atoms with Gasteiger partial charge in [-0.1, -0.05) is 23.7 Å². The number of pyridine rings is 1. The van der Waals surface area contributed by atoms with Crippen molar-refractivity contribution >= 4 is 29.0 Å². The van der Waals surface area contributed by atoms with Crippen molar-refractivity contribution in [3.63, 3.8) is 0 Å². The summed E-state index contributed by atoms with van der Waals surface area (Å²) in [5.74, 6) is 0.774. The Morgan fingerprint density at radius 3 is 2.69 bits per heavy atom. The third kappa shape index (κ3) is 3.40. The molecule has 0 bridgehead atoms. The molecule has 2 aromatic rings. The van der Waals surface area contributed by atoms with Gasteiger partial charge in [-0.3, -0.25) is 4.79 Å². The van der Waals surface area contributed by atoms with Crippen LogP contribution in [0, 0.1) is 0 Å². The van der Waals surface area contributed by atoms with E-state index in [4.69, 9.17) is 16.3 Å². The fourth-order valence-electron chi connectivity index (χ4n) is 3.59. The number of carbonyl (C=O) groups excluding carboxylic acids is 1. The summed E-state index contributed by atoms with van der Waals surface area (Å²) in [4.78, 5) is 20.2. The van der Waals surface area contributed by atoms with E-state index in [1.807, 2.05) is 30.3 Å². The SMILES string of the molecule is O=C1COCCN1c1ccc([C@H]2C[C@@H](O)CN2c2ccc(Cl)cn2)cc1. The molecule has 3 heterocycles. The van der Waals surface area contributed by atoms with Gasteiger partial charge in [0.15, 0.2) is 0 Å². The first-order valence-electron chi connectivity index (χ1n) is 8.66. The van der Waals surface area contributed by atoms with Crippen LogP contribution < -0.4 is 9.80 Å². The minimum atomic E-state index is -0.405. The number of carbonyl (C=O) groups is 1. The van der Waals surface area contributed by atoms with Gasteiger partial charge in [-0.05, 0) is 36.2 Å². The summed E-state index contributed by atoms with van der Waals surface area (Å²) >= 11 is 5.93. The highest BCUT2D eigenvalue weighted by Gasteiger charge is 2.33. The summed E-state index contributed by atoms with van der Waals surface area (Å²) in [5, 5.41) is 10.8. The van der Waals surface area contributed by atoms with E-state index in [1.165, 1.54) is 0 Å². The number of β-amino-alcohol motifs (C(OH)–C–C–N with tert-alkyl or cyclic N) is 1. The fourth-order valence-corrected chi connectivity index (χ4v) is 3.70. The number of morpholine rings is 1. The van der Waals surface area contributed by atoms with Gasteiger partial charge in [-0.25, -0.2) is 4.98 Å². The van der Waals surface area contributed by atoms with Crippen molar-refractivity contribution < 1.29 is 14.6 Å². The van der Waals surface area contributed by atoms with Gasteiger partial charge in [0.2, 0.25) is 0 Å². The van der Waals surface area contributed by atoms with E-state index >= 15 is 0 Å².